The molecule has 43 heavy (non-hydrogen) atoms. The summed E-state index contributed by atoms with van der Waals surface area (Å²) < 4.78 is 13.5. The zero-order chi connectivity index (χ0) is 30.5. The quantitative estimate of drug-likeness (QED) is 0.332. The Morgan fingerprint density at radius 1 is 0.907 bits per heavy atom. The molecule has 1 heterocycles. The third-order valence-corrected chi connectivity index (χ3v) is 7.82. The topological polar surface area (TPSA) is 119 Å². The summed E-state index contributed by atoms with van der Waals surface area (Å²) in [5.41, 5.74) is 3.23. The monoisotopic (exact) mass is 586 g/mol. The van der Waals surface area contributed by atoms with E-state index < -0.39 is 30.2 Å². The summed E-state index contributed by atoms with van der Waals surface area (Å²) in [7, 11) is 0. The first-order chi connectivity index (χ1) is 20.7. The van der Waals surface area contributed by atoms with Crippen molar-refractivity contribution in [1.82, 2.24) is 10.2 Å². The van der Waals surface area contributed by atoms with E-state index in [1.807, 2.05) is 17.9 Å². The lowest BCUT2D eigenvalue weighted by Gasteiger charge is -2.27. The van der Waals surface area contributed by atoms with Crippen molar-refractivity contribution in [3.63, 3.8) is 0 Å². The number of halogens is 1. The van der Waals surface area contributed by atoms with Gasteiger partial charge in [0.25, 0.3) is 11.8 Å². The number of benzene rings is 3. The molecule has 0 radical (unpaired) electrons. The maximum absolute atomic E-state index is 13.5. The maximum atomic E-state index is 13.5. The first kappa shape index (κ1) is 29.8. The van der Waals surface area contributed by atoms with Gasteiger partial charge in [0.15, 0.2) is 0 Å². The molecule has 3 aromatic rings. The van der Waals surface area contributed by atoms with Gasteiger partial charge in [-0.2, -0.15) is 0 Å². The fraction of sp³-hybridized carbons (Fsp3) is 0.333. The van der Waals surface area contributed by atoms with Crippen LogP contribution in [0.5, 0.6) is 0 Å². The predicted molar refractivity (Wildman–Crippen MR) is 161 cm³/mol. The van der Waals surface area contributed by atoms with Crippen LogP contribution >= 0.6 is 0 Å². The van der Waals surface area contributed by atoms with Gasteiger partial charge in [-0.05, 0) is 74.2 Å². The number of nitrogens with zero attached hydrogens (tertiary/aromatic N) is 2. The van der Waals surface area contributed by atoms with E-state index in [1.165, 1.54) is 24.3 Å². The van der Waals surface area contributed by atoms with Crippen LogP contribution in [0.2, 0.25) is 0 Å². The standard InChI is InChI=1S/C33H35FN4O5/c1-21-4-2-5-24(18-21)31(41)36-28-19-25(32(42)35-27(20-30(39)40)22-8-11-26(34)12-9-22)10-13-29(28)37-14-3-15-38(17-16-37)33(43)23-6-7-23/h2,4-5,8-13,18-19,23,27H,3,6-7,14-17,20H2,1H3,(H,35,42)(H,36,41)(H,39,40). The van der Waals surface area contributed by atoms with Crippen LogP contribution in [-0.2, 0) is 9.59 Å². The number of carbonyl (C=O) groups excluding carboxylic acids is 3. The molecule has 10 heteroatoms. The highest BCUT2D eigenvalue weighted by Crippen LogP contribution is 2.33. The lowest BCUT2D eigenvalue weighted by molar-refractivity contribution is -0.137. The molecule has 2 aliphatic rings. The molecule has 2 fully saturated rings. The van der Waals surface area contributed by atoms with E-state index in [0.29, 0.717) is 43.0 Å². The molecule has 0 bridgehead atoms. The summed E-state index contributed by atoms with van der Waals surface area (Å²) in [4.78, 5) is 55.0. The van der Waals surface area contributed by atoms with Gasteiger partial charge in [0.1, 0.15) is 5.82 Å². The second kappa shape index (κ2) is 13.1. The summed E-state index contributed by atoms with van der Waals surface area (Å²) in [6, 6.07) is 16.6. The average Bonchev–Trinajstić information content (AvgIpc) is 3.84. The fourth-order valence-corrected chi connectivity index (χ4v) is 5.36. The third-order valence-electron chi connectivity index (χ3n) is 7.82. The number of aliphatic carboxylic acids is 1. The first-order valence-electron chi connectivity index (χ1n) is 14.5. The first-order valence-corrected chi connectivity index (χ1v) is 14.5. The molecule has 1 atom stereocenters. The molecule has 1 saturated carbocycles. The SMILES string of the molecule is Cc1cccc(C(=O)Nc2cc(C(=O)NC(CC(=O)O)c3ccc(F)cc3)ccc2N2CCCN(C(=O)C3CC3)CC2)c1. The van der Waals surface area contributed by atoms with E-state index in [-0.39, 0.29) is 23.3 Å². The number of nitrogens with one attached hydrogen (secondary N) is 2. The molecule has 0 spiro atoms. The van der Waals surface area contributed by atoms with Crippen molar-refractivity contribution in [2.24, 2.45) is 5.92 Å². The van der Waals surface area contributed by atoms with Gasteiger partial charge in [-0.1, -0.05) is 29.8 Å². The van der Waals surface area contributed by atoms with Crippen LogP contribution in [0.1, 0.15) is 63.6 Å². The van der Waals surface area contributed by atoms with Gasteiger partial charge in [0.2, 0.25) is 5.91 Å². The second-order valence-corrected chi connectivity index (χ2v) is 11.2. The van der Waals surface area contributed by atoms with Crippen LogP contribution in [0.4, 0.5) is 15.8 Å². The number of hydrogen-bond acceptors (Lipinski definition) is 5. The number of amides is 3. The zero-order valence-corrected chi connectivity index (χ0v) is 24.0. The largest absolute Gasteiger partial charge is 0.481 e. The Morgan fingerprint density at radius 3 is 2.35 bits per heavy atom. The second-order valence-electron chi connectivity index (χ2n) is 11.2. The Kier molecular flexibility index (Phi) is 9.04. The third kappa shape index (κ3) is 7.57. The normalized spacial score (nSPS) is 15.8. The Labute approximate surface area is 249 Å². The number of hydrogen-bond donors (Lipinski definition) is 3. The van der Waals surface area contributed by atoms with E-state index >= 15 is 0 Å². The highest BCUT2D eigenvalue weighted by Gasteiger charge is 2.34. The average molecular weight is 587 g/mol. The molecule has 3 amide bonds. The molecule has 224 valence electrons. The molecule has 1 unspecified atom stereocenters. The van der Waals surface area contributed by atoms with Crippen molar-refractivity contribution in [2.75, 3.05) is 36.4 Å². The molecular formula is C33H35FN4O5. The van der Waals surface area contributed by atoms with E-state index in [4.69, 9.17) is 0 Å². The Hall–Kier alpha value is -4.73. The smallest absolute Gasteiger partial charge is 0.305 e. The molecule has 3 N–H and O–H groups in total. The van der Waals surface area contributed by atoms with Crippen molar-refractivity contribution in [3.05, 3.63) is 94.8 Å². The molecule has 0 aromatic heterocycles. The summed E-state index contributed by atoms with van der Waals surface area (Å²) in [6.07, 6.45) is 2.27. The lowest BCUT2D eigenvalue weighted by atomic mass is 10.0. The highest BCUT2D eigenvalue weighted by atomic mass is 19.1. The maximum Gasteiger partial charge on any atom is 0.305 e. The van der Waals surface area contributed by atoms with Gasteiger partial charge in [-0.15, -0.1) is 0 Å². The van der Waals surface area contributed by atoms with Gasteiger partial charge in [-0.3, -0.25) is 19.2 Å². The molecular weight excluding hydrogens is 551 g/mol. The molecule has 1 aliphatic carbocycles. The predicted octanol–water partition coefficient (Wildman–Crippen LogP) is 4.78. The summed E-state index contributed by atoms with van der Waals surface area (Å²) in [5.74, 6) is -2.11. The van der Waals surface area contributed by atoms with Crippen molar-refractivity contribution in [2.45, 2.75) is 38.6 Å². The number of aryl methyl sites for hydroxylation is 1. The number of rotatable bonds is 9. The summed E-state index contributed by atoms with van der Waals surface area (Å²) in [5, 5.41) is 15.2. The number of carboxylic acid groups (broad SMARTS) is 1. The van der Waals surface area contributed by atoms with Crippen molar-refractivity contribution >= 4 is 35.1 Å². The van der Waals surface area contributed by atoms with E-state index in [2.05, 4.69) is 15.5 Å². The minimum absolute atomic E-state index is 0.147. The van der Waals surface area contributed by atoms with Crippen LogP contribution in [0.15, 0.2) is 66.7 Å². The van der Waals surface area contributed by atoms with Gasteiger partial charge < -0.3 is 25.5 Å². The van der Waals surface area contributed by atoms with Crippen LogP contribution in [0.25, 0.3) is 0 Å². The lowest BCUT2D eigenvalue weighted by Crippen LogP contribution is -2.36. The van der Waals surface area contributed by atoms with Gasteiger partial charge in [-0.25, -0.2) is 4.39 Å². The highest BCUT2D eigenvalue weighted by molar-refractivity contribution is 6.07. The number of carbonyl (C=O) groups is 4. The summed E-state index contributed by atoms with van der Waals surface area (Å²) in [6.45, 7) is 4.37. The van der Waals surface area contributed by atoms with Gasteiger partial charge in [0.05, 0.1) is 23.8 Å². The van der Waals surface area contributed by atoms with Crippen LogP contribution in [0.3, 0.4) is 0 Å². The zero-order valence-electron chi connectivity index (χ0n) is 24.0. The molecule has 1 saturated heterocycles. The van der Waals surface area contributed by atoms with Crippen molar-refractivity contribution in [3.8, 4) is 0 Å². The summed E-state index contributed by atoms with van der Waals surface area (Å²) >= 11 is 0. The van der Waals surface area contributed by atoms with Gasteiger partial charge in [0, 0.05) is 43.2 Å². The minimum atomic E-state index is -1.12. The Bertz CT molecular complexity index is 1520. The van der Waals surface area contributed by atoms with E-state index in [9.17, 15) is 28.7 Å². The van der Waals surface area contributed by atoms with E-state index in [1.54, 1.807) is 36.4 Å². The van der Waals surface area contributed by atoms with Crippen LogP contribution in [-0.4, -0.2) is 59.9 Å². The molecule has 1 aliphatic heterocycles. The number of anilines is 2. The molecule has 3 aromatic carbocycles. The Morgan fingerprint density at radius 2 is 1.65 bits per heavy atom. The molecule has 9 nitrogen and oxygen atoms in total. The number of carboxylic acids is 1. The fourth-order valence-electron chi connectivity index (χ4n) is 5.36. The van der Waals surface area contributed by atoms with Crippen LogP contribution < -0.4 is 15.5 Å². The molecule has 5 rings (SSSR count). The van der Waals surface area contributed by atoms with E-state index in [0.717, 1.165) is 30.5 Å². The van der Waals surface area contributed by atoms with Crippen molar-refractivity contribution in [1.29, 1.82) is 0 Å². The van der Waals surface area contributed by atoms with Crippen LogP contribution in [0, 0.1) is 18.7 Å². The van der Waals surface area contributed by atoms with Gasteiger partial charge >= 0.3 is 5.97 Å². The Balaban J connectivity index is 1.41. The van der Waals surface area contributed by atoms with Crippen molar-refractivity contribution < 1.29 is 28.7 Å². The minimum Gasteiger partial charge on any atom is -0.481 e.